The van der Waals surface area contributed by atoms with E-state index < -0.39 is 0 Å². The molecule has 0 aliphatic carbocycles. The van der Waals surface area contributed by atoms with E-state index in [0.717, 1.165) is 25.9 Å². The Labute approximate surface area is 128 Å². The number of allylic oxidation sites excluding steroid dienone is 1. The van der Waals surface area contributed by atoms with Crippen LogP contribution < -0.4 is 10.2 Å². The molecule has 0 amide bonds. The molecule has 1 aliphatic rings. The molecule has 7 nitrogen and oxygen atoms in total. The number of hydrogen-bond acceptors (Lipinski definition) is 6. The zero-order valence-electron chi connectivity index (χ0n) is 12.2. The van der Waals surface area contributed by atoms with Gasteiger partial charge in [-0.15, -0.1) is 0 Å². The summed E-state index contributed by atoms with van der Waals surface area (Å²) in [4.78, 5) is 12.9. The molecule has 1 aromatic carbocycles. The second-order valence-electron chi connectivity index (χ2n) is 5.03. The lowest BCUT2D eigenvalue weighted by atomic mass is 10.1. The number of aryl methyl sites for hydroxylation is 1. The molecule has 22 heavy (non-hydrogen) atoms. The monoisotopic (exact) mass is 297 g/mol. The summed E-state index contributed by atoms with van der Waals surface area (Å²) in [6.45, 7) is 3.33. The van der Waals surface area contributed by atoms with Crippen molar-refractivity contribution in [1.29, 1.82) is 10.5 Å². The van der Waals surface area contributed by atoms with Crippen LogP contribution in [0.25, 0.3) is 0 Å². The Morgan fingerprint density at radius 3 is 2.55 bits per heavy atom. The first-order valence-electron chi connectivity index (χ1n) is 6.87. The lowest BCUT2D eigenvalue weighted by molar-refractivity contribution is -0.384. The standard InChI is InChI=1S/C15H15N5O2/c1-11-6-15(20(21)22)14(19-4-2-3-5-19)7-13(11)18-10-12(8-16)9-17/h6-7,10,18H,2-5H2,1H3. The highest BCUT2D eigenvalue weighted by atomic mass is 16.6. The topological polar surface area (TPSA) is 106 Å². The maximum Gasteiger partial charge on any atom is 0.292 e. The van der Waals surface area contributed by atoms with Crippen LogP contribution in [0.4, 0.5) is 17.1 Å². The second-order valence-corrected chi connectivity index (χ2v) is 5.03. The Morgan fingerprint density at radius 1 is 1.36 bits per heavy atom. The van der Waals surface area contributed by atoms with Crippen LogP contribution in [0.1, 0.15) is 18.4 Å². The first-order chi connectivity index (χ1) is 10.6. The van der Waals surface area contributed by atoms with Gasteiger partial charge in [-0.2, -0.15) is 10.5 Å². The molecule has 1 heterocycles. The number of hydrogen-bond donors (Lipinski definition) is 1. The van der Waals surface area contributed by atoms with Crippen molar-refractivity contribution in [2.45, 2.75) is 19.8 Å². The molecular weight excluding hydrogens is 282 g/mol. The fourth-order valence-electron chi connectivity index (χ4n) is 2.43. The number of anilines is 2. The van der Waals surface area contributed by atoms with Crippen LogP contribution in [-0.2, 0) is 0 Å². The van der Waals surface area contributed by atoms with Crippen molar-refractivity contribution < 1.29 is 4.92 Å². The van der Waals surface area contributed by atoms with E-state index in [9.17, 15) is 10.1 Å². The summed E-state index contributed by atoms with van der Waals surface area (Å²) in [5, 5.41) is 31.6. The smallest absolute Gasteiger partial charge is 0.292 e. The number of nitro groups is 1. The zero-order chi connectivity index (χ0) is 16.1. The summed E-state index contributed by atoms with van der Waals surface area (Å²) in [6, 6.07) is 6.75. The maximum absolute atomic E-state index is 11.3. The summed E-state index contributed by atoms with van der Waals surface area (Å²) in [7, 11) is 0. The van der Waals surface area contributed by atoms with Gasteiger partial charge < -0.3 is 10.2 Å². The van der Waals surface area contributed by atoms with Gasteiger partial charge >= 0.3 is 0 Å². The molecule has 1 aromatic rings. The molecule has 0 radical (unpaired) electrons. The van der Waals surface area contributed by atoms with Gasteiger partial charge in [-0.25, -0.2) is 0 Å². The summed E-state index contributed by atoms with van der Waals surface area (Å²) in [6.07, 6.45) is 3.34. The molecule has 1 fully saturated rings. The quantitative estimate of drug-likeness (QED) is 0.520. The molecule has 1 saturated heterocycles. The SMILES string of the molecule is Cc1cc([N+](=O)[O-])c(N2CCCC2)cc1NC=C(C#N)C#N. The van der Waals surface area contributed by atoms with Crippen molar-refractivity contribution in [2.75, 3.05) is 23.3 Å². The normalized spacial score (nSPS) is 13.1. The third-order valence-electron chi connectivity index (χ3n) is 3.58. The maximum atomic E-state index is 11.3. The molecule has 0 bridgehead atoms. The average molecular weight is 297 g/mol. The van der Waals surface area contributed by atoms with Gasteiger partial charge in [0.05, 0.1) is 4.92 Å². The van der Waals surface area contributed by atoms with Crippen molar-refractivity contribution in [3.63, 3.8) is 0 Å². The molecule has 7 heteroatoms. The minimum atomic E-state index is -0.379. The van der Waals surface area contributed by atoms with Crippen LogP contribution in [0.2, 0.25) is 0 Å². The average Bonchev–Trinajstić information content (AvgIpc) is 3.03. The minimum absolute atomic E-state index is 0.0551. The number of nitrogens with zero attached hydrogens (tertiary/aromatic N) is 4. The molecule has 112 valence electrons. The summed E-state index contributed by atoms with van der Waals surface area (Å²) < 4.78 is 0. The van der Waals surface area contributed by atoms with Crippen molar-refractivity contribution in [3.05, 3.63) is 39.6 Å². The molecule has 0 atom stereocenters. The summed E-state index contributed by atoms with van der Waals surface area (Å²) in [5.41, 5.74) is 1.92. The van der Waals surface area contributed by atoms with Crippen LogP contribution in [0.15, 0.2) is 23.9 Å². The Bertz CT molecular complexity index is 690. The van der Waals surface area contributed by atoms with Gasteiger partial charge in [-0.3, -0.25) is 10.1 Å². The van der Waals surface area contributed by atoms with Crippen LogP contribution in [0, 0.1) is 39.7 Å². The van der Waals surface area contributed by atoms with Crippen LogP contribution in [0.5, 0.6) is 0 Å². The Kier molecular flexibility index (Phi) is 4.60. The molecule has 0 spiro atoms. The van der Waals surface area contributed by atoms with Gasteiger partial charge in [0.25, 0.3) is 5.69 Å². The van der Waals surface area contributed by atoms with E-state index in [4.69, 9.17) is 10.5 Å². The van der Waals surface area contributed by atoms with Crippen LogP contribution >= 0.6 is 0 Å². The fourth-order valence-corrected chi connectivity index (χ4v) is 2.43. The minimum Gasteiger partial charge on any atom is -0.366 e. The van der Waals surface area contributed by atoms with E-state index in [2.05, 4.69) is 5.32 Å². The van der Waals surface area contributed by atoms with Gasteiger partial charge in [0, 0.05) is 31.0 Å². The number of benzene rings is 1. The zero-order valence-corrected chi connectivity index (χ0v) is 12.2. The summed E-state index contributed by atoms with van der Waals surface area (Å²) >= 11 is 0. The fraction of sp³-hybridized carbons (Fsp3) is 0.333. The number of nitro benzene ring substituents is 1. The third-order valence-corrected chi connectivity index (χ3v) is 3.58. The van der Waals surface area contributed by atoms with Gasteiger partial charge in [-0.1, -0.05) is 0 Å². The largest absolute Gasteiger partial charge is 0.366 e. The Hall–Kier alpha value is -3.06. The highest BCUT2D eigenvalue weighted by Gasteiger charge is 2.23. The predicted octanol–water partition coefficient (Wildman–Crippen LogP) is 2.85. The van der Waals surface area contributed by atoms with E-state index in [-0.39, 0.29) is 16.2 Å². The van der Waals surface area contributed by atoms with Crippen molar-refractivity contribution >= 4 is 17.1 Å². The van der Waals surface area contributed by atoms with Crippen LogP contribution in [0.3, 0.4) is 0 Å². The summed E-state index contributed by atoms with van der Waals surface area (Å²) in [5.74, 6) is 0. The van der Waals surface area contributed by atoms with Crippen LogP contribution in [-0.4, -0.2) is 18.0 Å². The van der Waals surface area contributed by atoms with E-state index in [1.807, 2.05) is 4.90 Å². The van der Waals surface area contributed by atoms with E-state index in [1.54, 1.807) is 25.1 Å². The molecule has 0 saturated carbocycles. The number of nitrogens with one attached hydrogen (secondary N) is 1. The van der Waals surface area contributed by atoms with Gasteiger partial charge in [-0.05, 0) is 31.4 Å². The van der Waals surface area contributed by atoms with Crippen molar-refractivity contribution in [3.8, 4) is 12.1 Å². The number of nitriles is 2. The van der Waals surface area contributed by atoms with Crippen molar-refractivity contribution in [1.82, 2.24) is 0 Å². The number of rotatable bonds is 4. The molecular formula is C15H15N5O2. The first kappa shape index (κ1) is 15.3. The van der Waals surface area contributed by atoms with Gasteiger partial charge in [0.1, 0.15) is 23.4 Å². The van der Waals surface area contributed by atoms with Gasteiger partial charge in [0.2, 0.25) is 0 Å². The first-order valence-corrected chi connectivity index (χ1v) is 6.87. The predicted molar refractivity (Wildman–Crippen MR) is 82.2 cm³/mol. The molecule has 0 aromatic heterocycles. The second kappa shape index (κ2) is 6.59. The third kappa shape index (κ3) is 3.15. The highest BCUT2D eigenvalue weighted by Crippen LogP contribution is 2.35. The molecule has 0 unspecified atom stereocenters. The highest BCUT2D eigenvalue weighted by molar-refractivity contribution is 5.73. The van der Waals surface area contributed by atoms with Crippen molar-refractivity contribution in [2.24, 2.45) is 0 Å². The Morgan fingerprint density at radius 2 is 2.00 bits per heavy atom. The lowest BCUT2D eigenvalue weighted by Crippen LogP contribution is -2.19. The lowest BCUT2D eigenvalue weighted by Gasteiger charge is -2.19. The van der Waals surface area contributed by atoms with E-state index in [1.165, 1.54) is 12.3 Å². The molecule has 1 aliphatic heterocycles. The van der Waals surface area contributed by atoms with E-state index in [0.29, 0.717) is 16.9 Å². The van der Waals surface area contributed by atoms with Gasteiger partial charge in [0.15, 0.2) is 0 Å². The molecule has 2 rings (SSSR count). The molecule has 1 N–H and O–H groups in total. The van der Waals surface area contributed by atoms with E-state index >= 15 is 0 Å². The Balaban J connectivity index is 2.42.